The number of carbonyl (C=O) groups excluding carboxylic acids is 1. The van der Waals surface area contributed by atoms with E-state index in [1.807, 2.05) is 6.79 Å². The third-order valence-corrected chi connectivity index (χ3v) is 0.866. The molecule has 1 rings (SSSR count). The molecule has 0 bridgehead atoms. The lowest BCUT2D eigenvalue weighted by Gasteiger charge is -1.53. The van der Waals surface area contributed by atoms with E-state index in [9.17, 15) is 0 Å². The van der Waals surface area contributed by atoms with Gasteiger partial charge in [-0.25, -0.2) is 0 Å². The van der Waals surface area contributed by atoms with Crippen molar-refractivity contribution in [1.82, 2.24) is 0 Å². The third kappa shape index (κ3) is 3.67. The van der Waals surface area contributed by atoms with Crippen molar-refractivity contribution in [2.24, 2.45) is 5.92 Å². The highest BCUT2D eigenvalue weighted by atomic mass is 16.1. The zero-order valence-electron chi connectivity index (χ0n) is 4.11. The largest absolute Gasteiger partial charge is 0.307 e. The third-order valence-electron chi connectivity index (χ3n) is 0.866. The van der Waals surface area contributed by atoms with Gasteiger partial charge in [0.2, 0.25) is 0 Å². The summed E-state index contributed by atoms with van der Waals surface area (Å²) in [4.78, 5) is 8.00. The molecule has 0 heterocycles. The average Bonchev–Trinajstić information content (AvgIpc) is 2.30. The normalized spacial score (nSPS) is 18.2. The van der Waals surface area contributed by atoms with Gasteiger partial charge in [-0.05, 0) is 5.92 Å². The van der Waals surface area contributed by atoms with Crippen LogP contribution in [0, 0.1) is 5.92 Å². The van der Waals surface area contributed by atoms with Gasteiger partial charge in [0, 0.05) is 0 Å². The maximum absolute atomic E-state index is 8.00. The molecule has 0 atom stereocenters. The van der Waals surface area contributed by atoms with Gasteiger partial charge in [-0.3, -0.25) is 0 Å². The average molecular weight is 86.1 g/mol. The highest BCUT2D eigenvalue weighted by molar-refractivity contribution is 5.10. The van der Waals surface area contributed by atoms with Crippen LogP contribution in [0.1, 0.15) is 19.8 Å². The molecule has 1 heteroatoms. The van der Waals surface area contributed by atoms with Crippen molar-refractivity contribution < 1.29 is 4.79 Å². The van der Waals surface area contributed by atoms with Gasteiger partial charge in [-0.15, -0.1) is 0 Å². The molecule has 0 saturated heterocycles. The number of rotatable bonds is 0. The number of hydrogen-bond acceptors (Lipinski definition) is 1. The summed E-state index contributed by atoms with van der Waals surface area (Å²) in [5, 5.41) is 0. The quantitative estimate of drug-likeness (QED) is 0.433. The number of carbonyl (C=O) groups is 1. The Hall–Kier alpha value is -0.330. The SMILES string of the molecule is C=O.CC1CC1. The Kier molecular flexibility index (Phi) is 2.73. The zero-order valence-corrected chi connectivity index (χ0v) is 4.11. The molecule has 1 saturated carbocycles. The van der Waals surface area contributed by atoms with Crippen LogP contribution in [0.2, 0.25) is 0 Å². The van der Waals surface area contributed by atoms with Gasteiger partial charge < -0.3 is 4.79 Å². The molecule has 0 aromatic carbocycles. The van der Waals surface area contributed by atoms with Gasteiger partial charge in [0.15, 0.2) is 0 Å². The van der Waals surface area contributed by atoms with E-state index in [0.29, 0.717) is 0 Å². The predicted octanol–water partition coefficient (Wildman–Crippen LogP) is 1.23. The fraction of sp³-hybridized carbons (Fsp3) is 0.800. The maximum atomic E-state index is 8.00. The summed E-state index contributed by atoms with van der Waals surface area (Å²) < 4.78 is 0. The second-order valence-electron chi connectivity index (χ2n) is 1.68. The smallest absolute Gasteiger partial charge is 0.106 e. The Bertz CT molecular complexity index is 30.9. The van der Waals surface area contributed by atoms with Gasteiger partial charge in [0.25, 0.3) is 0 Å². The first-order valence-corrected chi connectivity index (χ1v) is 2.18. The fourth-order valence-electron chi connectivity index (χ4n) is 0.167. The second-order valence-corrected chi connectivity index (χ2v) is 1.68. The second kappa shape index (κ2) is 2.88. The van der Waals surface area contributed by atoms with Crippen molar-refractivity contribution in [2.75, 3.05) is 0 Å². The van der Waals surface area contributed by atoms with Crippen LogP contribution in [0.25, 0.3) is 0 Å². The van der Waals surface area contributed by atoms with Gasteiger partial charge in [0.05, 0.1) is 0 Å². The van der Waals surface area contributed by atoms with E-state index in [1.54, 1.807) is 0 Å². The zero-order chi connectivity index (χ0) is 4.99. The molecule has 0 spiro atoms. The van der Waals surface area contributed by atoms with Crippen LogP contribution < -0.4 is 0 Å². The van der Waals surface area contributed by atoms with E-state index in [2.05, 4.69) is 6.92 Å². The van der Waals surface area contributed by atoms with Crippen molar-refractivity contribution in [3.8, 4) is 0 Å². The Morgan fingerprint density at radius 2 is 1.67 bits per heavy atom. The molecule has 36 valence electrons. The summed E-state index contributed by atoms with van der Waals surface area (Å²) in [5.74, 6) is 1.08. The first kappa shape index (κ1) is 5.67. The molecular weight excluding hydrogens is 76.1 g/mol. The van der Waals surface area contributed by atoms with E-state index in [4.69, 9.17) is 4.79 Å². The van der Waals surface area contributed by atoms with Crippen molar-refractivity contribution in [3.63, 3.8) is 0 Å². The summed E-state index contributed by atoms with van der Waals surface area (Å²) in [6.45, 7) is 4.28. The summed E-state index contributed by atoms with van der Waals surface area (Å²) in [7, 11) is 0. The van der Waals surface area contributed by atoms with Crippen molar-refractivity contribution in [2.45, 2.75) is 19.8 Å². The van der Waals surface area contributed by atoms with Crippen molar-refractivity contribution in [1.29, 1.82) is 0 Å². The lowest BCUT2D eigenvalue weighted by atomic mass is 10.5. The van der Waals surface area contributed by atoms with Crippen molar-refractivity contribution in [3.05, 3.63) is 0 Å². The first-order chi connectivity index (χ1) is 2.89. The fourth-order valence-corrected chi connectivity index (χ4v) is 0.167. The van der Waals surface area contributed by atoms with E-state index in [0.717, 1.165) is 5.92 Å². The molecule has 6 heavy (non-hydrogen) atoms. The van der Waals surface area contributed by atoms with Crippen LogP contribution in [0.3, 0.4) is 0 Å². The lowest BCUT2D eigenvalue weighted by Crippen LogP contribution is -1.42. The van der Waals surface area contributed by atoms with Gasteiger partial charge >= 0.3 is 0 Å². The Balaban J connectivity index is 0.000000112. The minimum absolute atomic E-state index is 1.08. The molecule has 0 unspecified atom stereocenters. The monoisotopic (exact) mass is 86.1 g/mol. The van der Waals surface area contributed by atoms with Crippen LogP contribution in [0.5, 0.6) is 0 Å². The molecular formula is C5H10O. The first-order valence-electron chi connectivity index (χ1n) is 2.18. The molecule has 1 nitrogen and oxygen atoms in total. The molecule has 0 aliphatic heterocycles. The van der Waals surface area contributed by atoms with Gasteiger partial charge in [-0.1, -0.05) is 19.8 Å². The Morgan fingerprint density at radius 1 is 1.50 bits per heavy atom. The predicted molar refractivity (Wildman–Crippen MR) is 25.5 cm³/mol. The molecule has 1 fully saturated rings. The molecule has 1 aliphatic carbocycles. The summed E-state index contributed by atoms with van der Waals surface area (Å²) in [6, 6.07) is 0. The standard InChI is InChI=1S/C4H8.CH2O/c1-4-2-3-4;1-2/h4H,2-3H2,1H3;1H2. The van der Waals surface area contributed by atoms with Gasteiger partial charge in [0.1, 0.15) is 6.79 Å². The van der Waals surface area contributed by atoms with Crippen LogP contribution in [0.15, 0.2) is 0 Å². The lowest BCUT2D eigenvalue weighted by molar-refractivity contribution is -0.0979. The molecule has 0 aromatic rings. The van der Waals surface area contributed by atoms with Gasteiger partial charge in [-0.2, -0.15) is 0 Å². The Labute approximate surface area is 38.4 Å². The molecule has 1 aliphatic rings. The highest BCUT2D eigenvalue weighted by Crippen LogP contribution is 2.26. The maximum Gasteiger partial charge on any atom is 0.106 e. The van der Waals surface area contributed by atoms with Crippen molar-refractivity contribution >= 4 is 6.79 Å². The Morgan fingerprint density at radius 3 is 1.67 bits per heavy atom. The van der Waals surface area contributed by atoms with E-state index in [1.165, 1.54) is 12.8 Å². The molecule has 0 aromatic heterocycles. The van der Waals surface area contributed by atoms with E-state index < -0.39 is 0 Å². The summed E-state index contributed by atoms with van der Waals surface area (Å²) in [5.41, 5.74) is 0. The van der Waals surface area contributed by atoms with Crippen LogP contribution in [-0.2, 0) is 4.79 Å². The molecule has 0 amide bonds. The van der Waals surface area contributed by atoms with E-state index in [-0.39, 0.29) is 0 Å². The van der Waals surface area contributed by atoms with Crippen LogP contribution >= 0.6 is 0 Å². The van der Waals surface area contributed by atoms with E-state index >= 15 is 0 Å². The summed E-state index contributed by atoms with van der Waals surface area (Å²) in [6.07, 6.45) is 2.97. The highest BCUT2D eigenvalue weighted by Gasteiger charge is 2.12. The van der Waals surface area contributed by atoms with Crippen LogP contribution in [-0.4, -0.2) is 6.79 Å². The number of hydrogen-bond donors (Lipinski definition) is 0. The minimum Gasteiger partial charge on any atom is -0.307 e. The summed E-state index contributed by atoms with van der Waals surface area (Å²) >= 11 is 0. The van der Waals surface area contributed by atoms with Crippen LogP contribution in [0.4, 0.5) is 0 Å². The molecule has 0 radical (unpaired) electrons. The molecule has 0 N–H and O–H groups in total. The minimum atomic E-state index is 1.08. The topological polar surface area (TPSA) is 17.1 Å².